The van der Waals surface area contributed by atoms with E-state index in [-0.39, 0.29) is 0 Å². The molecule has 0 unspecified atom stereocenters. The van der Waals surface area contributed by atoms with Crippen molar-refractivity contribution in [3.05, 3.63) is 52.1 Å². The molecule has 0 aliphatic heterocycles. The fraction of sp³-hybridized carbons (Fsp3) is 0.0833. The second kappa shape index (κ2) is 4.83. The zero-order valence-corrected chi connectivity index (χ0v) is 9.89. The predicted molar refractivity (Wildman–Crippen MR) is 66.4 cm³/mol. The second-order valence-electron chi connectivity index (χ2n) is 3.30. The van der Waals surface area contributed by atoms with Crippen LogP contribution in [0, 0.1) is 6.07 Å². The summed E-state index contributed by atoms with van der Waals surface area (Å²) in [6.07, 6.45) is 1.56. The summed E-state index contributed by atoms with van der Waals surface area (Å²) in [7, 11) is 0. The van der Waals surface area contributed by atoms with Gasteiger partial charge >= 0.3 is 0 Å². The van der Waals surface area contributed by atoms with Crippen LogP contribution in [0.1, 0.15) is 5.56 Å². The minimum atomic E-state index is 0.499. The molecule has 0 spiro atoms. The number of nitrogens with two attached hydrogens (primary N) is 1. The van der Waals surface area contributed by atoms with Crippen LogP contribution in [-0.4, -0.2) is 4.98 Å². The Morgan fingerprint density at radius 2 is 2.12 bits per heavy atom. The number of hydrogen-bond acceptors (Lipinski definition) is 2. The van der Waals surface area contributed by atoms with Crippen LogP contribution in [-0.2, 0) is 6.54 Å². The van der Waals surface area contributed by atoms with Gasteiger partial charge < -0.3 is 5.73 Å². The Balaban J connectivity index is 2.42. The molecular weight excluding hydrogens is 243 g/mol. The molecule has 0 bridgehead atoms. The second-order valence-corrected chi connectivity index (χ2v) is 4.14. The lowest BCUT2D eigenvalue weighted by molar-refractivity contribution is 1.07. The highest BCUT2D eigenvalue weighted by molar-refractivity contribution is 6.36. The topological polar surface area (TPSA) is 38.9 Å². The summed E-state index contributed by atoms with van der Waals surface area (Å²) in [5.74, 6) is 0. The van der Waals surface area contributed by atoms with Gasteiger partial charge in [-0.1, -0.05) is 35.3 Å². The van der Waals surface area contributed by atoms with Crippen LogP contribution in [0.3, 0.4) is 0 Å². The van der Waals surface area contributed by atoms with Crippen molar-refractivity contribution in [2.45, 2.75) is 6.54 Å². The molecule has 0 aliphatic carbocycles. The lowest BCUT2D eigenvalue weighted by Gasteiger charge is -2.04. The van der Waals surface area contributed by atoms with E-state index in [4.69, 9.17) is 28.9 Å². The molecule has 2 nitrogen and oxygen atoms in total. The number of nitrogens with zero attached hydrogens (tertiary/aromatic N) is 1. The molecule has 1 aromatic carbocycles. The molecule has 2 N–H and O–H groups in total. The maximum Gasteiger partial charge on any atom is 0.0895 e. The predicted octanol–water partition coefficient (Wildman–Crippen LogP) is 3.31. The Labute approximate surface area is 104 Å². The highest BCUT2D eigenvalue weighted by atomic mass is 35.5. The van der Waals surface area contributed by atoms with E-state index in [9.17, 15) is 0 Å². The van der Waals surface area contributed by atoms with Crippen molar-refractivity contribution in [3.63, 3.8) is 0 Å². The standard InChI is InChI=1S/C12H9Cl2N2/c13-10-5-11(14)12(16-7-10)9-3-1-8(6-15)2-4-9/h1-3,5,7H,6,15H2. The van der Waals surface area contributed by atoms with Gasteiger partial charge in [0.05, 0.1) is 15.7 Å². The molecule has 1 aromatic heterocycles. The largest absolute Gasteiger partial charge is 0.326 e. The van der Waals surface area contributed by atoms with Crippen LogP contribution in [0.5, 0.6) is 0 Å². The molecule has 0 aliphatic rings. The van der Waals surface area contributed by atoms with Gasteiger partial charge in [-0.15, -0.1) is 0 Å². The Bertz CT molecular complexity index is 495. The highest BCUT2D eigenvalue weighted by Crippen LogP contribution is 2.27. The summed E-state index contributed by atoms with van der Waals surface area (Å²) in [4.78, 5) is 4.18. The Kier molecular flexibility index (Phi) is 3.44. The summed E-state index contributed by atoms with van der Waals surface area (Å²) in [5, 5.41) is 1.04. The fourth-order valence-corrected chi connectivity index (χ4v) is 1.83. The first-order valence-corrected chi connectivity index (χ1v) is 5.48. The van der Waals surface area contributed by atoms with Crippen LogP contribution >= 0.6 is 23.2 Å². The van der Waals surface area contributed by atoms with E-state index in [1.807, 2.05) is 18.2 Å². The molecule has 16 heavy (non-hydrogen) atoms. The first-order chi connectivity index (χ1) is 7.70. The quantitative estimate of drug-likeness (QED) is 0.890. The van der Waals surface area contributed by atoms with Crippen LogP contribution in [0.2, 0.25) is 10.0 Å². The number of aromatic nitrogens is 1. The Hall–Kier alpha value is -1.09. The van der Waals surface area contributed by atoms with Gasteiger partial charge in [0.1, 0.15) is 0 Å². The van der Waals surface area contributed by atoms with Crippen LogP contribution in [0.4, 0.5) is 0 Å². The smallest absolute Gasteiger partial charge is 0.0895 e. The molecule has 2 rings (SSSR count). The molecular formula is C12H9Cl2N2. The van der Waals surface area contributed by atoms with E-state index in [1.165, 1.54) is 0 Å². The van der Waals surface area contributed by atoms with Gasteiger partial charge in [-0.2, -0.15) is 0 Å². The molecule has 1 heterocycles. The van der Waals surface area contributed by atoms with Crippen LogP contribution in [0.15, 0.2) is 30.5 Å². The van der Waals surface area contributed by atoms with Crippen molar-refractivity contribution in [2.75, 3.05) is 0 Å². The van der Waals surface area contributed by atoms with Crippen molar-refractivity contribution in [3.8, 4) is 11.3 Å². The van der Waals surface area contributed by atoms with Gasteiger partial charge in [0, 0.05) is 18.3 Å². The monoisotopic (exact) mass is 251 g/mol. The maximum absolute atomic E-state index is 6.05. The highest BCUT2D eigenvalue weighted by Gasteiger charge is 2.05. The number of benzene rings is 1. The SMILES string of the molecule is NCc1c[c]c(-c2ncc(Cl)cc2Cl)cc1. The van der Waals surface area contributed by atoms with E-state index in [1.54, 1.807) is 12.3 Å². The minimum Gasteiger partial charge on any atom is -0.326 e. The first kappa shape index (κ1) is 11.4. The van der Waals surface area contributed by atoms with Crippen LogP contribution < -0.4 is 5.73 Å². The number of halogens is 2. The van der Waals surface area contributed by atoms with Crippen molar-refractivity contribution < 1.29 is 0 Å². The van der Waals surface area contributed by atoms with Gasteiger partial charge in [0.2, 0.25) is 0 Å². The first-order valence-electron chi connectivity index (χ1n) is 4.73. The van der Waals surface area contributed by atoms with E-state index in [0.29, 0.717) is 22.3 Å². The third-order valence-corrected chi connectivity index (χ3v) is 2.67. The number of rotatable bonds is 2. The third kappa shape index (κ3) is 2.35. The van der Waals surface area contributed by atoms with Crippen molar-refractivity contribution >= 4 is 23.2 Å². The van der Waals surface area contributed by atoms with E-state index >= 15 is 0 Å². The summed E-state index contributed by atoms with van der Waals surface area (Å²) in [5.41, 5.74) is 8.04. The molecule has 4 heteroatoms. The Morgan fingerprint density at radius 1 is 1.31 bits per heavy atom. The molecule has 0 saturated heterocycles. The average Bonchev–Trinajstić information content (AvgIpc) is 2.29. The summed E-state index contributed by atoms with van der Waals surface area (Å²) >= 11 is 11.8. The summed E-state index contributed by atoms with van der Waals surface area (Å²) < 4.78 is 0. The molecule has 0 saturated carbocycles. The molecule has 0 fully saturated rings. The Morgan fingerprint density at radius 3 is 2.69 bits per heavy atom. The lowest BCUT2D eigenvalue weighted by atomic mass is 10.1. The molecule has 0 atom stereocenters. The van der Waals surface area contributed by atoms with E-state index in [2.05, 4.69) is 11.1 Å². The number of pyridine rings is 1. The minimum absolute atomic E-state index is 0.499. The third-order valence-electron chi connectivity index (χ3n) is 2.18. The zero-order valence-electron chi connectivity index (χ0n) is 8.37. The van der Waals surface area contributed by atoms with Gasteiger partial charge in [0.25, 0.3) is 0 Å². The van der Waals surface area contributed by atoms with Crippen LogP contribution in [0.25, 0.3) is 11.3 Å². The molecule has 2 aromatic rings. The summed E-state index contributed by atoms with van der Waals surface area (Å²) in [6, 6.07) is 10.4. The van der Waals surface area contributed by atoms with Gasteiger partial charge in [-0.3, -0.25) is 4.98 Å². The molecule has 1 radical (unpaired) electrons. The van der Waals surface area contributed by atoms with E-state index in [0.717, 1.165) is 11.1 Å². The van der Waals surface area contributed by atoms with Gasteiger partial charge in [-0.25, -0.2) is 0 Å². The molecule has 0 amide bonds. The van der Waals surface area contributed by atoms with Gasteiger partial charge in [0.15, 0.2) is 0 Å². The lowest BCUT2D eigenvalue weighted by Crippen LogP contribution is -1.95. The fourth-order valence-electron chi connectivity index (χ4n) is 1.34. The zero-order chi connectivity index (χ0) is 11.5. The van der Waals surface area contributed by atoms with Gasteiger partial charge in [-0.05, 0) is 23.8 Å². The number of hydrogen-bond donors (Lipinski definition) is 1. The summed E-state index contributed by atoms with van der Waals surface area (Å²) in [6.45, 7) is 0.499. The normalized spacial score (nSPS) is 10.4. The van der Waals surface area contributed by atoms with Crippen molar-refractivity contribution in [1.29, 1.82) is 0 Å². The van der Waals surface area contributed by atoms with Crippen molar-refractivity contribution in [1.82, 2.24) is 4.98 Å². The van der Waals surface area contributed by atoms with E-state index < -0.39 is 0 Å². The molecule has 81 valence electrons. The average molecular weight is 252 g/mol. The van der Waals surface area contributed by atoms with Crippen molar-refractivity contribution in [2.24, 2.45) is 5.73 Å². The maximum atomic E-state index is 6.05.